The van der Waals surface area contributed by atoms with Crippen molar-refractivity contribution in [3.63, 3.8) is 0 Å². The predicted molar refractivity (Wildman–Crippen MR) is 132 cm³/mol. The van der Waals surface area contributed by atoms with Gasteiger partial charge in [0, 0.05) is 33.9 Å². The highest BCUT2D eigenvalue weighted by Crippen LogP contribution is 2.29. The minimum atomic E-state index is 0. The zero-order chi connectivity index (χ0) is 19.9. The van der Waals surface area contributed by atoms with Gasteiger partial charge in [-0.1, -0.05) is 60.7 Å². The first-order valence-electron chi connectivity index (χ1n) is 8.95. The lowest BCUT2D eigenvalue weighted by atomic mass is 10.0. The van der Waals surface area contributed by atoms with Gasteiger partial charge in [-0.05, 0) is 47.5 Å². The SMILES string of the molecule is Nc1ccc(-c2ccc(N)cc2)cc1.Nc1ccccc1-c1ccccc1N.S. The van der Waals surface area contributed by atoms with E-state index in [9.17, 15) is 0 Å². The second-order valence-corrected chi connectivity index (χ2v) is 6.42. The van der Waals surface area contributed by atoms with Crippen LogP contribution in [0.1, 0.15) is 0 Å². The maximum Gasteiger partial charge on any atom is 0.0394 e. The molecule has 4 rings (SSSR count). The standard InChI is InChI=1S/2C12H12N2.H2S/c13-11-5-1-9(2-6-11)10-3-7-12(14)8-4-10;13-11-7-3-1-5-9(11)10-6-2-4-8-12(10)14;/h2*1-8H,13-14H2;1H2. The molecule has 8 N–H and O–H groups in total. The van der Waals surface area contributed by atoms with Gasteiger partial charge in [0.1, 0.15) is 0 Å². The van der Waals surface area contributed by atoms with Gasteiger partial charge in [-0.25, -0.2) is 0 Å². The molecule has 0 bridgehead atoms. The number of hydrogen-bond acceptors (Lipinski definition) is 4. The van der Waals surface area contributed by atoms with Gasteiger partial charge in [0.15, 0.2) is 0 Å². The molecule has 0 aliphatic rings. The third kappa shape index (κ3) is 5.70. The molecule has 0 fully saturated rings. The first-order chi connectivity index (χ1) is 13.5. The lowest BCUT2D eigenvalue weighted by molar-refractivity contribution is 1.60. The number of hydrogen-bond donors (Lipinski definition) is 4. The average molecular weight is 403 g/mol. The van der Waals surface area contributed by atoms with E-state index in [1.54, 1.807) is 0 Å². The number of nitrogens with two attached hydrogens (primary N) is 4. The van der Waals surface area contributed by atoms with Crippen LogP contribution in [0.25, 0.3) is 22.3 Å². The van der Waals surface area contributed by atoms with E-state index < -0.39 is 0 Å². The Kier molecular flexibility index (Phi) is 7.57. The van der Waals surface area contributed by atoms with E-state index in [0.29, 0.717) is 0 Å². The van der Waals surface area contributed by atoms with Crippen LogP contribution in [0.5, 0.6) is 0 Å². The number of anilines is 4. The van der Waals surface area contributed by atoms with Crippen LogP contribution in [0.15, 0.2) is 97.1 Å². The molecule has 5 heteroatoms. The lowest BCUT2D eigenvalue weighted by Crippen LogP contribution is -1.93. The summed E-state index contributed by atoms with van der Waals surface area (Å²) in [6, 6.07) is 31.0. The summed E-state index contributed by atoms with van der Waals surface area (Å²) in [6.07, 6.45) is 0. The summed E-state index contributed by atoms with van der Waals surface area (Å²) in [6.45, 7) is 0. The Labute approximate surface area is 178 Å². The van der Waals surface area contributed by atoms with Crippen LogP contribution < -0.4 is 22.9 Å². The number of rotatable bonds is 2. The molecule has 0 atom stereocenters. The van der Waals surface area contributed by atoms with Crippen LogP contribution in [0.3, 0.4) is 0 Å². The van der Waals surface area contributed by atoms with Crippen molar-refractivity contribution >= 4 is 36.2 Å². The second kappa shape index (κ2) is 10.1. The largest absolute Gasteiger partial charge is 0.399 e. The van der Waals surface area contributed by atoms with Gasteiger partial charge in [-0.3, -0.25) is 0 Å². The molecule has 0 aromatic heterocycles. The highest BCUT2D eigenvalue weighted by Gasteiger charge is 2.03. The molecular weight excluding hydrogens is 376 g/mol. The van der Waals surface area contributed by atoms with Crippen molar-refractivity contribution in [2.45, 2.75) is 0 Å². The predicted octanol–water partition coefficient (Wildman–Crippen LogP) is 5.15. The van der Waals surface area contributed by atoms with Gasteiger partial charge in [0.05, 0.1) is 0 Å². The van der Waals surface area contributed by atoms with Crippen LogP contribution in [0.4, 0.5) is 22.7 Å². The van der Waals surface area contributed by atoms with Gasteiger partial charge < -0.3 is 22.9 Å². The van der Waals surface area contributed by atoms with Gasteiger partial charge in [0.2, 0.25) is 0 Å². The summed E-state index contributed by atoms with van der Waals surface area (Å²) in [5, 5.41) is 0. The van der Waals surface area contributed by atoms with Crippen LogP contribution >= 0.6 is 13.5 Å². The lowest BCUT2D eigenvalue weighted by Gasteiger charge is -2.07. The molecule has 4 nitrogen and oxygen atoms in total. The summed E-state index contributed by atoms with van der Waals surface area (Å²) in [5.41, 5.74) is 30.3. The molecule has 4 aromatic rings. The van der Waals surface area contributed by atoms with Crippen molar-refractivity contribution < 1.29 is 0 Å². The average Bonchev–Trinajstić information content (AvgIpc) is 2.71. The molecule has 0 saturated heterocycles. The van der Waals surface area contributed by atoms with E-state index in [0.717, 1.165) is 45.0 Å². The molecule has 0 unspecified atom stereocenters. The van der Waals surface area contributed by atoms with Gasteiger partial charge >= 0.3 is 0 Å². The number of para-hydroxylation sites is 2. The summed E-state index contributed by atoms with van der Waals surface area (Å²) in [5.74, 6) is 0. The maximum atomic E-state index is 5.87. The fourth-order valence-corrected chi connectivity index (χ4v) is 2.84. The van der Waals surface area contributed by atoms with E-state index in [1.165, 1.54) is 0 Å². The molecule has 29 heavy (non-hydrogen) atoms. The molecule has 0 aliphatic heterocycles. The molecule has 4 aromatic carbocycles. The summed E-state index contributed by atoms with van der Waals surface area (Å²) >= 11 is 0. The Hall–Kier alpha value is -3.57. The number of benzene rings is 4. The topological polar surface area (TPSA) is 104 Å². The Bertz CT molecular complexity index is 958. The van der Waals surface area contributed by atoms with Crippen LogP contribution in [0, 0.1) is 0 Å². The van der Waals surface area contributed by atoms with Crippen molar-refractivity contribution in [1.29, 1.82) is 0 Å². The van der Waals surface area contributed by atoms with Crippen molar-refractivity contribution in [2.24, 2.45) is 0 Å². The van der Waals surface area contributed by atoms with Gasteiger partial charge in [0.25, 0.3) is 0 Å². The minimum absolute atomic E-state index is 0. The highest BCUT2D eigenvalue weighted by atomic mass is 32.1. The van der Waals surface area contributed by atoms with Crippen molar-refractivity contribution in [2.75, 3.05) is 22.9 Å². The zero-order valence-corrected chi connectivity index (χ0v) is 17.0. The second-order valence-electron chi connectivity index (χ2n) is 6.42. The summed E-state index contributed by atoms with van der Waals surface area (Å²) in [7, 11) is 0. The maximum absolute atomic E-state index is 5.87. The number of nitrogen functional groups attached to an aromatic ring is 4. The van der Waals surface area contributed by atoms with E-state index in [4.69, 9.17) is 22.9 Å². The smallest absolute Gasteiger partial charge is 0.0394 e. The quantitative estimate of drug-likeness (QED) is 0.348. The van der Waals surface area contributed by atoms with Crippen LogP contribution in [-0.2, 0) is 0 Å². The fraction of sp³-hybridized carbons (Fsp3) is 0. The molecule has 0 saturated carbocycles. The Morgan fingerprint density at radius 1 is 0.379 bits per heavy atom. The van der Waals surface area contributed by atoms with E-state index >= 15 is 0 Å². The summed E-state index contributed by atoms with van der Waals surface area (Å²) < 4.78 is 0. The summed E-state index contributed by atoms with van der Waals surface area (Å²) in [4.78, 5) is 0. The Balaban J connectivity index is 0.000000200. The molecule has 0 amide bonds. The minimum Gasteiger partial charge on any atom is -0.399 e. The van der Waals surface area contributed by atoms with E-state index in [2.05, 4.69) is 0 Å². The van der Waals surface area contributed by atoms with Crippen molar-refractivity contribution in [3.05, 3.63) is 97.1 Å². The molecule has 0 radical (unpaired) electrons. The van der Waals surface area contributed by atoms with Gasteiger partial charge in [-0.2, -0.15) is 13.5 Å². The first kappa shape index (κ1) is 21.7. The van der Waals surface area contributed by atoms with Crippen LogP contribution in [-0.4, -0.2) is 0 Å². The normalized spacial score (nSPS) is 9.66. The Morgan fingerprint density at radius 3 is 1.00 bits per heavy atom. The molecule has 0 aliphatic carbocycles. The first-order valence-corrected chi connectivity index (χ1v) is 8.95. The van der Waals surface area contributed by atoms with Crippen molar-refractivity contribution in [1.82, 2.24) is 0 Å². The van der Waals surface area contributed by atoms with Crippen LogP contribution in [0.2, 0.25) is 0 Å². The molecule has 148 valence electrons. The van der Waals surface area contributed by atoms with E-state index in [-0.39, 0.29) is 13.5 Å². The molecular formula is C24H26N4S. The monoisotopic (exact) mass is 402 g/mol. The van der Waals surface area contributed by atoms with E-state index in [1.807, 2.05) is 97.1 Å². The molecule has 0 heterocycles. The fourth-order valence-electron chi connectivity index (χ4n) is 2.84. The van der Waals surface area contributed by atoms with Gasteiger partial charge in [-0.15, -0.1) is 0 Å². The zero-order valence-electron chi connectivity index (χ0n) is 16.0. The third-order valence-corrected chi connectivity index (χ3v) is 4.37. The highest BCUT2D eigenvalue weighted by molar-refractivity contribution is 7.59. The molecule has 0 spiro atoms. The van der Waals surface area contributed by atoms with Crippen molar-refractivity contribution in [3.8, 4) is 22.3 Å². The Morgan fingerprint density at radius 2 is 0.690 bits per heavy atom. The third-order valence-electron chi connectivity index (χ3n) is 4.37.